The minimum atomic E-state index is 0.432. The second-order valence-electron chi connectivity index (χ2n) is 7.07. The lowest BCUT2D eigenvalue weighted by molar-refractivity contribution is -0.0408. The van der Waals surface area contributed by atoms with Gasteiger partial charge in [0.15, 0.2) is 0 Å². The molecule has 0 amide bonds. The molecule has 3 rings (SSSR count). The number of rotatable bonds is 4. The molecule has 0 radical (unpaired) electrons. The molecule has 0 aromatic heterocycles. The zero-order valence-corrected chi connectivity index (χ0v) is 12.7. The van der Waals surface area contributed by atoms with E-state index in [2.05, 4.69) is 17.1 Å². The highest BCUT2D eigenvalue weighted by atomic mass is 16.5. The monoisotopic (exact) mass is 266 g/mol. The van der Waals surface area contributed by atoms with Crippen LogP contribution in [0, 0.1) is 5.92 Å². The predicted octanol–water partition coefficient (Wildman–Crippen LogP) is 2.41. The molecular weight excluding hydrogens is 236 g/mol. The molecule has 1 N–H and O–H groups in total. The van der Waals surface area contributed by atoms with Crippen molar-refractivity contribution < 1.29 is 4.74 Å². The van der Waals surface area contributed by atoms with Crippen LogP contribution in [0.2, 0.25) is 0 Å². The largest absolute Gasteiger partial charge is 0.383 e. The molecule has 110 valence electrons. The molecule has 3 heteroatoms. The third-order valence-corrected chi connectivity index (χ3v) is 5.61. The average molecular weight is 266 g/mol. The zero-order chi connectivity index (χ0) is 13.3. The molecule has 1 saturated heterocycles. The fourth-order valence-corrected chi connectivity index (χ4v) is 4.36. The first-order valence-electron chi connectivity index (χ1n) is 8.24. The van der Waals surface area contributed by atoms with E-state index < -0.39 is 0 Å². The number of hydrogen-bond donors (Lipinski definition) is 1. The van der Waals surface area contributed by atoms with E-state index >= 15 is 0 Å². The van der Waals surface area contributed by atoms with Crippen LogP contribution in [-0.2, 0) is 4.74 Å². The van der Waals surface area contributed by atoms with E-state index in [0.717, 1.165) is 18.6 Å². The van der Waals surface area contributed by atoms with Gasteiger partial charge in [0.25, 0.3) is 0 Å². The molecule has 1 spiro atoms. The van der Waals surface area contributed by atoms with Gasteiger partial charge in [-0.25, -0.2) is 0 Å². The van der Waals surface area contributed by atoms with E-state index in [9.17, 15) is 0 Å². The molecule has 3 nitrogen and oxygen atoms in total. The van der Waals surface area contributed by atoms with Crippen LogP contribution >= 0.6 is 0 Å². The maximum Gasteiger partial charge on any atom is 0.0615 e. The number of nitrogens with zero attached hydrogens (tertiary/aromatic N) is 1. The zero-order valence-electron chi connectivity index (χ0n) is 12.7. The predicted molar refractivity (Wildman–Crippen MR) is 78.4 cm³/mol. The Morgan fingerprint density at radius 3 is 2.63 bits per heavy atom. The highest BCUT2D eigenvalue weighted by molar-refractivity contribution is 5.04. The SMILES string of the molecule is COCC(C)N1CC(C2CC2)NCC12CCCCC2. The Morgan fingerprint density at radius 1 is 1.26 bits per heavy atom. The van der Waals surface area contributed by atoms with Crippen molar-refractivity contribution >= 4 is 0 Å². The van der Waals surface area contributed by atoms with Gasteiger partial charge in [0.05, 0.1) is 6.61 Å². The summed E-state index contributed by atoms with van der Waals surface area (Å²) >= 11 is 0. The number of methoxy groups -OCH3 is 1. The Balaban J connectivity index is 1.73. The van der Waals surface area contributed by atoms with Crippen molar-refractivity contribution in [2.45, 2.75) is 69.5 Å². The average Bonchev–Trinajstić information content (AvgIpc) is 3.25. The van der Waals surface area contributed by atoms with E-state index in [0.29, 0.717) is 11.6 Å². The molecule has 0 aromatic rings. The number of piperazine rings is 1. The first kappa shape index (κ1) is 13.8. The summed E-state index contributed by atoms with van der Waals surface area (Å²) in [6.45, 7) is 5.69. The highest BCUT2D eigenvalue weighted by Gasteiger charge is 2.46. The van der Waals surface area contributed by atoms with Gasteiger partial charge in [0.1, 0.15) is 0 Å². The van der Waals surface area contributed by atoms with Gasteiger partial charge in [0.2, 0.25) is 0 Å². The molecule has 2 aliphatic carbocycles. The van der Waals surface area contributed by atoms with Gasteiger partial charge in [-0.2, -0.15) is 0 Å². The summed E-state index contributed by atoms with van der Waals surface area (Å²) in [5.74, 6) is 0.957. The standard InChI is InChI=1S/C16H30N2O/c1-13(11-19-2)18-10-15(14-6-7-14)17-12-16(18)8-4-3-5-9-16/h13-15,17H,3-12H2,1-2H3. The van der Waals surface area contributed by atoms with Crippen molar-refractivity contribution in [3.05, 3.63) is 0 Å². The van der Waals surface area contributed by atoms with E-state index in [1.165, 1.54) is 58.0 Å². The molecule has 2 saturated carbocycles. The van der Waals surface area contributed by atoms with Crippen molar-refractivity contribution in [1.82, 2.24) is 10.2 Å². The lowest BCUT2D eigenvalue weighted by Gasteiger charge is -2.54. The summed E-state index contributed by atoms with van der Waals surface area (Å²) in [4.78, 5) is 2.81. The summed E-state index contributed by atoms with van der Waals surface area (Å²) in [6.07, 6.45) is 9.89. The Hall–Kier alpha value is -0.120. The van der Waals surface area contributed by atoms with Gasteiger partial charge in [-0.05, 0) is 38.5 Å². The summed E-state index contributed by atoms with van der Waals surface area (Å²) in [7, 11) is 1.84. The van der Waals surface area contributed by atoms with Crippen molar-refractivity contribution in [1.29, 1.82) is 0 Å². The number of ether oxygens (including phenoxy) is 1. The number of nitrogens with one attached hydrogen (secondary N) is 1. The molecule has 3 aliphatic rings. The maximum atomic E-state index is 5.44. The smallest absolute Gasteiger partial charge is 0.0615 e. The van der Waals surface area contributed by atoms with Crippen LogP contribution in [0.4, 0.5) is 0 Å². The maximum absolute atomic E-state index is 5.44. The van der Waals surface area contributed by atoms with Gasteiger partial charge >= 0.3 is 0 Å². The topological polar surface area (TPSA) is 24.5 Å². The second kappa shape index (κ2) is 5.71. The fraction of sp³-hybridized carbons (Fsp3) is 1.00. The Labute approximate surface area is 118 Å². The summed E-state index contributed by atoms with van der Waals surface area (Å²) in [6, 6.07) is 1.30. The van der Waals surface area contributed by atoms with Crippen LogP contribution in [0.5, 0.6) is 0 Å². The molecule has 2 unspecified atom stereocenters. The molecule has 3 fully saturated rings. The minimum absolute atomic E-state index is 0.432. The van der Waals surface area contributed by atoms with Gasteiger partial charge in [0, 0.05) is 37.8 Å². The molecular formula is C16H30N2O. The van der Waals surface area contributed by atoms with Crippen molar-refractivity contribution in [2.24, 2.45) is 5.92 Å². The Morgan fingerprint density at radius 2 is 2.00 bits per heavy atom. The Bertz CT molecular complexity index is 297. The normalized spacial score (nSPS) is 33.5. The quantitative estimate of drug-likeness (QED) is 0.845. The van der Waals surface area contributed by atoms with Gasteiger partial charge in [-0.3, -0.25) is 4.90 Å². The first-order chi connectivity index (χ1) is 9.25. The summed E-state index contributed by atoms with van der Waals surface area (Å²) in [5.41, 5.74) is 0.432. The second-order valence-corrected chi connectivity index (χ2v) is 7.07. The molecule has 1 aliphatic heterocycles. The third-order valence-electron chi connectivity index (χ3n) is 5.61. The van der Waals surface area contributed by atoms with E-state index in [1.54, 1.807) is 0 Å². The Kier molecular flexibility index (Phi) is 4.16. The number of hydrogen-bond acceptors (Lipinski definition) is 3. The lowest BCUT2D eigenvalue weighted by Crippen LogP contribution is -2.68. The van der Waals surface area contributed by atoms with Crippen LogP contribution in [0.1, 0.15) is 51.9 Å². The fourth-order valence-electron chi connectivity index (χ4n) is 4.36. The van der Waals surface area contributed by atoms with Crippen LogP contribution in [0.15, 0.2) is 0 Å². The van der Waals surface area contributed by atoms with Crippen molar-refractivity contribution in [3.8, 4) is 0 Å². The third kappa shape index (κ3) is 2.84. The molecule has 0 bridgehead atoms. The van der Waals surface area contributed by atoms with Gasteiger partial charge in [-0.15, -0.1) is 0 Å². The first-order valence-corrected chi connectivity index (χ1v) is 8.24. The summed E-state index contributed by atoms with van der Waals surface area (Å²) in [5, 5.41) is 3.89. The van der Waals surface area contributed by atoms with Crippen molar-refractivity contribution in [2.75, 3.05) is 26.8 Å². The molecule has 0 aromatic carbocycles. The molecule has 2 atom stereocenters. The minimum Gasteiger partial charge on any atom is -0.383 e. The molecule has 19 heavy (non-hydrogen) atoms. The van der Waals surface area contributed by atoms with Gasteiger partial charge in [-0.1, -0.05) is 19.3 Å². The highest BCUT2D eigenvalue weighted by Crippen LogP contribution is 2.41. The van der Waals surface area contributed by atoms with E-state index in [4.69, 9.17) is 4.74 Å². The van der Waals surface area contributed by atoms with Crippen LogP contribution in [0.25, 0.3) is 0 Å². The lowest BCUT2D eigenvalue weighted by atomic mass is 9.77. The van der Waals surface area contributed by atoms with Crippen LogP contribution in [-0.4, -0.2) is 49.3 Å². The van der Waals surface area contributed by atoms with Gasteiger partial charge < -0.3 is 10.1 Å². The van der Waals surface area contributed by atoms with E-state index in [-0.39, 0.29) is 0 Å². The van der Waals surface area contributed by atoms with E-state index in [1.807, 2.05) is 7.11 Å². The molecule has 1 heterocycles. The van der Waals surface area contributed by atoms with Crippen LogP contribution < -0.4 is 5.32 Å². The van der Waals surface area contributed by atoms with Crippen molar-refractivity contribution in [3.63, 3.8) is 0 Å². The summed E-state index contributed by atoms with van der Waals surface area (Å²) < 4.78 is 5.44. The van der Waals surface area contributed by atoms with Crippen LogP contribution in [0.3, 0.4) is 0 Å².